The average Bonchev–Trinajstić information content (AvgIpc) is 2.29. The van der Waals surface area contributed by atoms with E-state index >= 15 is 0 Å². The van der Waals surface area contributed by atoms with Crippen LogP contribution in [-0.2, 0) is 4.79 Å². The van der Waals surface area contributed by atoms with Crippen molar-refractivity contribution in [3.8, 4) is 0 Å². The van der Waals surface area contributed by atoms with Crippen LogP contribution in [0.1, 0.15) is 39.5 Å². The predicted octanol–water partition coefficient (Wildman–Crippen LogP) is 0.995. The lowest BCUT2D eigenvalue weighted by Gasteiger charge is -2.38. The molecule has 1 saturated heterocycles. The number of likely N-dealkylation sites (tertiary alicyclic amines) is 1. The third-order valence-electron chi connectivity index (χ3n) is 3.62. The Morgan fingerprint density at radius 3 is 2.94 bits per heavy atom. The zero-order valence-corrected chi connectivity index (χ0v) is 11.1. The van der Waals surface area contributed by atoms with Gasteiger partial charge in [0.2, 0.25) is 5.91 Å². The monoisotopic (exact) mass is 242 g/mol. The van der Waals surface area contributed by atoms with Crippen LogP contribution in [0.15, 0.2) is 0 Å². The van der Waals surface area contributed by atoms with Crippen molar-refractivity contribution in [3.63, 3.8) is 0 Å². The highest BCUT2D eigenvalue weighted by atomic mass is 16.3. The summed E-state index contributed by atoms with van der Waals surface area (Å²) in [5.74, 6) is 0.572. The first-order valence-corrected chi connectivity index (χ1v) is 6.80. The van der Waals surface area contributed by atoms with Crippen molar-refractivity contribution in [1.29, 1.82) is 0 Å². The summed E-state index contributed by atoms with van der Waals surface area (Å²) >= 11 is 0. The topological polar surface area (TPSA) is 52.6 Å². The molecule has 0 aliphatic carbocycles. The Morgan fingerprint density at radius 1 is 1.53 bits per heavy atom. The number of carbonyl (C=O) groups is 1. The molecule has 2 unspecified atom stereocenters. The zero-order valence-electron chi connectivity index (χ0n) is 11.1. The van der Waals surface area contributed by atoms with Crippen molar-refractivity contribution in [2.75, 3.05) is 26.2 Å². The Kier molecular flexibility index (Phi) is 6.52. The van der Waals surface area contributed by atoms with Crippen molar-refractivity contribution in [1.82, 2.24) is 10.2 Å². The van der Waals surface area contributed by atoms with Crippen LogP contribution in [0.4, 0.5) is 0 Å². The highest BCUT2D eigenvalue weighted by molar-refractivity contribution is 5.78. The number of piperidine rings is 1. The van der Waals surface area contributed by atoms with Gasteiger partial charge in [-0.05, 0) is 31.7 Å². The summed E-state index contributed by atoms with van der Waals surface area (Å²) in [7, 11) is 0. The molecule has 1 aliphatic rings. The lowest BCUT2D eigenvalue weighted by Crippen LogP contribution is -2.50. The van der Waals surface area contributed by atoms with E-state index in [-0.39, 0.29) is 18.6 Å². The van der Waals surface area contributed by atoms with Crippen molar-refractivity contribution < 1.29 is 9.90 Å². The third kappa shape index (κ3) is 4.64. The molecule has 1 rings (SSSR count). The molecule has 2 N–H and O–H groups in total. The molecule has 17 heavy (non-hydrogen) atoms. The Morgan fingerprint density at radius 2 is 2.29 bits per heavy atom. The van der Waals surface area contributed by atoms with E-state index in [0.717, 1.165) is 38.8 Å². The molecule has 100 valence electrons. The van der Waals surface area contributed by atoms with Gasteiger partial charge in [-0.1, -0.05) is 20.3 Å². The minimum Gasteiger partial charge on any atom is -0.395 e. The standard InChI is InChI=1S/C13H26N2O2/c1-3-4-7-14-13(17)9-15-8-5-6-11(2)12(15)10-16/h11-12,16H,3-10H2,1-2H3,(H,14,17). The highest BCUT2D eigenvalue weighted by Gasteiger charge is 2.28. The number of hydrogen-bond acceptors (Lipinski definition) is 3. The molecule has 1 heterocycles. The number of carbonyl (C=O) groups excluding carboxylic acids is 1. The maximum absolute atomic E-state index is 11.7. The fourth-order valence-corrected chi connectivity index (χ4v) is 2.47. The van der Waals surface area contributed by atoms with Crippen LogP contribution in [0.3, 0.4) is 0 Å². The van der Waals surface area contributed by atoms with Crippen molar-refractivity contribution in [2.24, 2.45) is 5.92 Å². The first-order valence-electron chi connectivity index (χ1n) is 6.80. The fourth-order valence-electron chi connectivity index (χ4n) is 2.47. The molecule has 1 aliphatic heterocycles. The molecule has 2 atom stereocenters. The summed E-state index contributed by atoms with van der Waals surface area (Å²) in [6.45, 7) is 6.55. The van der Waals surface area contributed by atoms with Crippen molar-refractivity contribution in [2.45, 2.75) is 45.6 Å². The Labute approximate surface area is 104 Å². The van der Waals surface area contributed by atoms with Crippen molar-refractivity contribution in [3.05, 3.63) is 0 Å². The van der Waals surface area contributed by atoms with Gasteiger partial charge in [-0.2, -0.15) is 0 Å². The third-order valence-corrected chi connectivity index (χ3v) is 3.62. The largest absolute Gasteiger partial charge is 0.395 e. The molecule has 4 nitrogen and oxygen atoms in total. The molecule has 0 spiro atoms. The van der Waals surface area contributed by atoms with E-state index in [0.29, 0.717) is 12.5 Å². The molecule has 1 amide bonds. The Bertz CT molecular complexity index is 233. The molecular weight excluding hydrogens is 216 g/mol. The number of hydrogen-bond donors (Lipinski definition) is 2. The normalized spacial score (nSPS) is 25.8. The van der Waals surface area contributed by atoms with E-state index in [9.17, 15) is 9.90 Å². The summed E-state index contributed by atoms with van der Waals surface area (Å²) in [4.78, 5) is 13.8. The Balaban J connectivity index is 2.35. The van der Waals surface area contributed by atoms with Crippen LogP contribution in [0.2, 0.25) is 0 Å². The molecular formula is C13H26N2O2. The first-order chi connectivity index (χ1) is 8.19. The van der Waals surface area contributed by atoms with E-state index in [4.69, 9.17) is 0 Å². The van der Waals surface area contributed by atoms with Crippen LogP contribution < -0.4 is 5.32 Å². The average molecular weight is 242 g/mol. The highest BCUT2D eigenvalue weighted by Crippen LogP contribution is 2.22. The number of aliphatic hydroxyl groups excluding tert-OH is 1. The molecule has 0 bridgehead atoms. The van der Waals surface area contributed by atoms with Gasteiger partial charge in [0.1, 0.15) is 0 Å². The molecule has 0 saturated carbocycles. The van der Waals surface area contributed by atoms with Gasteiger partial charge in [0.15, 0.2) is 0 Å². The zero-order chi connectivity index (χ0) is 12.7. The molecule has 1 fully saturated rings. The van der Waals surface area contributed by atoms with E-state index in [1.165, 1.54) is 0 Å². The van der Waals surface area contributed by atoms with Crippen LogP contribution >= 0.6 is 0 Å². The minimum absolute atomic E-state index is 0.0889. The van der Waals surface area contributed by atoms with Gasteiger partial charge >= 0.3 is 0 Å². The minimum atomic E-state index is 0.0889. The van der Waals surface area contributed by atoms with E-state index in [1.54, 1.807) is 0 Å². The quantitative estimate of drug-likeness (QED) is 0.683. The van der Waals surface area contributed by atoms with E-state index < -0.39 is 0 Å². The van der Waals surface area contributed by atoms with Gasteiger partial charge in [0, 0.05) is 12.6 Å². The van der Waals surface area contributed by atoms with Gasteiger partial charge in [-0.3, -0.25) is 9.69 Å². The SMILES string of the molecule is CCCCNC(=O)CN1CCCC(C)C1CO. The van der Waals surface area contributed by atoms with Gasteiger partial charge in [-0.15, -0.1) is 0 Å². The summed E-state index contributed by atoms with van der Waals surface area (Å²) in [5, 5.41) is 12.3. The molecule has 0 aromatic heterocycles. The molecule has 4 heteroatoms. The maximum Gasteiger partial charge on any atom is 0.234 e. The summed E-state index contributed by atoms with van der Waals surface area (Å²) in [6, 6.07) is 0.153. The van der Waals surface area contributed by atoms with E-state index in [2.05, 4.69) is 24.1 Å². The second-order valence-corrected chi connectivity index (χ2v) is 5.04. The molecule has 0 aromatic carbocycles. The second-order valence-electron chi connectivity index (χ2n) is 5.04. The Hall–Kier alpha value is -0.610. The first kappa shape index (κ1) is 14.5. The van der Waals surface area contributed by atoms with Gasteiger partial charge in [-0.25, -0.2) is 0 Å². The van der Waals surface area contributed by atoms with Gasteiger partial charge in [0.25, 0.3) is 0 Å². The number of aliphatic hydroxyl groups is 1. The van der Waals surface area contributed by atoms with Crippen molar-refractivity contribution >= 4 is 5.91 Å². The van der Waals surface area contributed by atoms with Crippen LogP contribution in [-0.4, -0.2) is 48.2 Å². The number of unbranched alkanes of at least 4 members (excludes halogenated alkanes) is 1. The van der Waals surface area contributed by atoms with Crippen LogP contribution in [0, 0.1) is 5.92 Å². The van der Waals surface area contributed by atoms with Crippen LogP contribution in [0.5, 0.6) is 0 Å². The smallest absolute Gasteiger partial charge is 0.234 e. The number of rotatable bonds is 6. The number of amides is 1. The van der Waals surface area contributed by atoms with Gasteiger partial charge in [0.05, 0.1) is 13.2 Å². The summed E-state index contributed by atoms with van der Waals surface area (Å²) in [5.41, 5.74) is 0. The van der Waals surface area contributed by atoms with Crippen LogP contribution in [0.25, 0.3) is 0 Å². The summed E-state index contributed by atoms with van der Waals surface area (Å²) in [6.07, 6.45) is 4.41. The second kappa shape index (κ2) is 7.67. The summed E-state index contributed by atoms with van der Waals surface area (Å²) < 4.78 is 0. The number of nitrogens with zero attached hydrogens (tertiary/aromatic N) is 1. The predicted molar refractivity (Wildman–Crippen MR) is 68.8 cm³/mol. The lowest BCUT2D eigenvalue weighted by atomic mass is 9.91. The maximum atomic E-state index is 11.7. The molecule has 0 radical (unpaired) electrons. The number of nitrogens with one attached hydrogen (secondary N) is 1. The fraction of sp³-hybridized carbons (Fsp3) is 0.923. The van der Waals surface area contributed by atoms with E-state index in [1.807, 2.05) is 0 Å². The molecule has 0 aromatic rings. The van der Waals surface area contributed by atoms with Gasteiger partial charge < -0.3 is 10.4 Å². The lowest BCUT2D eigenvalue weighted by molar-refractivity contribution is -0.123.